The normalized spacial score (nSPS) is 9.95. The Hall–Kier alpha value is -2.37. The van der Waals surface area contributed by atoms with Crippen molar-refractivity contribution in [3.8, 4) is 11.5 Å². The Morgan fingerprint density at radius 1 is 1.33 bits per heavy atom. The second-order valence-electron chi connectivity index (χ2n) is 3.83. The van der Waals surface area contributed by atoms with Crippen LogP contribution >= 0.6 is 0 Å². The fourth-order valence-electron chi connectivity index (χ4n) is 1.53. The first-order chi connectivity index (χ1) is 9.72. The van der Waals surface area contributed by atoms with Gasteiger partial charge in [-0.2, -0.15) is 0 Å². The van der Waals surface area contributed by atoms with Gasteiger partial charge in [-0.05, 0) is 24.3 Å². The van der Waals surface area contributed by atoms with E-state index in [4.69, 9.17) is 9.84 Å². The molecule has 0 aliphatic carbocycles. The second-order valence-corrected chi connectivity index (χ2v) is 3.83. The summed E-state index contributed by atoms with van der Waals surface area (Å²) in [6.45, 7) is 0. The van der Waals surface area contributed by atoms with Gasteiger partial charge in [-0.25, -0.2) is 0 Å². The first-order valence-electron chi connectivity index (χ1n) is 5.81. The van der Waals surface area contributed by atoms with Gasteiger partial charge in [0, 0.05) is 18.6 Å². The summed E-state index contributed by atoms with van der Waals surface area (Å²) in [5, 5.41) is 11.6. The molecule has 0 unspecified atom stereocenters. The molecule has 21 heavy (non-hydrogen) atoms. The molecule has 0 bridgehead atoms. The largest absolute Gasteiger partial charge is 2.00 e. The summed E-state index contributed by atoms with van der Waals surface area (Å²) in [5.41, 5.74) is 4.75. The van der Waals surface area contributed by atoms with Crippen molar-refractivity contribution in [2.45, 2.75) is 0 Å². The smallest absolute Gasteiger partial charge is 0.590 e. The van der Waals surface area contributed by atoms with Gasteiger partial charge in [0.15, 0.2) is 0 Å². The molecule has 111 valence electrons. The molecule has 1 heterocycles. The van der Waals surface area contributed by atoms with Crippen molar-refractivity contribution < 1.29 is 31.7 Å². The molecule has 0 fully saturated rings. The zero-order valence-electron chi connectivity index (χ0n) is 11.1. The summed E-state index contributed by atoms with van der Waals surface area (Å²) in [4.78, 5) is 13.5. The van der Waals surface area contributed by atoms with Crippen LogP contribution in [-0.2, 0) is 17.1 Å². The van der Waals surface area contributed by atoms with Crippen LogP contribution in [0.3, 0.4) is 0 Å². The SMILES string of the molecule is COc1cccc(C=N[N-]C(=[OH+])c2ccncc2)c1[OH2+].[Cu+2]. The molecule has 1 radical (unpaired) electrons. The molecule has 7 heteroatoms. The number of nitrogens with zero attached hydrogens (tertiary/aromatic N) is 3. The molecule has 1 aromatic carbocycles. The van der Waals surface area contributed by atoms with Gasteiger partial charge >= 0.3 is 22.8 Å². The number of hydrogen-bond acceptors (Lipinski definition) is 3. The number of pyridine rings is 1. The number of methoxy groups -OCH3 is 1. The number of benzene rings is 1. The Morgan fingerprint density at radius 3 is 2.71 bits per heavy atom. The fourth-order valence-corrected chi connectivity index (χ4v) is 1.53. The number of ether oxygens (including phenoxy) is 1. The van der Waals surface area contributed by atoms with Crippen LogP contribution in [0, 0.1) is 0 Å². The van der Waals surface area contributed by atoms with Gasteiger partial charge in [0.2, 0.25) is 5.75 Å². The van der Waals surface area contributed by atoms with E-state index in [1.807, 2.05) is 0 Å². The van der Waals surface area contributed by atoms with Crippen LogP contribution in [0.5, 0.6) is 11.5 Å². The molecule has 1 aromatic heterocycles. The van der Waals surface area contributed by atoms with Crippen molar-refractivity contribution in [1.29, 1.82) is 0 Å². The fraction of sp³-hybridized carbons (Fsp3) is 0.0714. The van der Waals surface area contributed by atoms with E-state index < -0.39 is 0 Å². The molecule has 0 aliphatic rings. The first kappa shape index (κ1) is 16.7. The minimum atomic E-state index is -0.210. The number of amides is 1. The molecular weight excluding hydrogens is 322 g/mol. The van der Waals surface area contributed by atoms with Crippen LogP contribution in [-0.4, -0.2) is 34.1 Å². The Labute approximate surface area is 132 Å². The molecule has 0 saturated heterocycles. The quantitative estimate of drug-likeness (QED) is 0.368. The van der Waals surface area contributed by atoms with E-state index in [9.17, 15) is 4.79 Å². The van der Waals surface area contributed by atoms with Crippen LogP contribution in [0.15, 0.2) is 47.8 Å². The maximum Gasteiger partial charge on any atom is 2.00 e. The maximum absolute atomic E-state index is 9.71. The van der Waals surface area contributed by atoms with E-state index in [0.29, 0.717) is 16.9 Å². The number of aromatic nitrogens is 1. The van der Waals surface area contributed by atoms with Gasteiger partial charge in [0.05, 0.1) is 18.2 Å². The van der Waals surface area contributed by atoms with E-state index in [1.165, 1.54) is 13.3 Å². The van der Waals surface area contributed by atoms with E-state index in [2.05, 4.69) is 15.5 Å². The predicted octanol–water partition coefficient (Wildman–Crippen LogP) is 1.78. The van der Waals surface area contributed by atoms with Crippen LogP contribution in [0.25, 0.3) is 5.43 Å². The molecule has 3 N–H and O–H groups in total. The number of rotatable bonds is 4. The zero-order valence-corrected chi connectivity index (χ0v) is 12.1. The van der Waals surface area contributed by atoms with E-state index in [-0.39, 0.29) is 28.7 Å². The van der Waals surface area contributed by atoms with E-state index in [0.717, 1.165) is 0 Å². The Kier molecular flexibility index (Phi) is 6.38. The Balaban J connectivity index is 0.00000220. The van der Waals surface area contributed by atoms with Gasteiger partial charge in [-0.1, -0.05) is 6.07 Å². The summed E-state index contributed by atoms with van der Waals surface area (Å²) in [7, 11) is 1.50. The van der Waals surface area contributed by atoms with Gasteiger partial charge in [0.1, 0.15) is 0 Å². The van der Waals surface area contributed by atoms with Crippen LogP contribution in [0.4, 0.5) is 0 Å². The summed E-state index contributed by atoms with van der Waals surface area (Å²) in [6.07, 6.45) is 4.49. The zero-order chi connectivity index (χ0) is 14.4. The van der Waals surface area contributed by atoms with Crippen molar-refractivity contribution in [3.63, 3.8) is 0 Å². The predicted molar refractivity (Wildman–Crippen MR) is 77.3 cm³/mol. The van der Waals surface area contributed by atoms with Crippen LogP contribution in [0.1, 0.15) is 11.1 Å². The molecule has 0 atom stereocenters. The van der Waals surface area contributed by atoms with Crippen LogP contribution < -0.4 is 4.74 Å². The van der Waals surface area contributed by atoms with Crippen molar-refractivity contribution >= 4 is 12.1 Å². The standard InChI is InChI=1S/C14H13N3O3.Cu/c1-20-12-4-2-3-11(13(12)18)9-16-17-14(19)10-5-7-15-8-6-10;/h2-9H,1H3,(H2,15,16,17,18,19);/q;+2/p+1. The van der Waals surface area contributed by atoms with Crippen LogP contribution in [0.2, 0.25) is 0 Å². The minimum absolute atomic E-state index is 0. The van der Waals surface area contributed by atoms with Crippen molar-refractivity contribution in [1.82, 2.24) is 4.98 Å². The molecular formula is C14H14CuN3O3+3. The summed E-state index contributed by atoms with van der Waals surface area (Å²) in [5.74, 6) is 0.465. The van der Waals surface area contributed by atoms with Crippen molar-refractivity contribution in [2.75, 3.05) is 7.11 Å². The Bertz CT molecular complexity index is 633. The van der Waals surface area contributed by atoms with Crippen molar-refractivity contribution in [2.24, 2.45) is 5.10 Å². The number of hydrogen-bond donors (Lipinski definition) is 0. The molecule has 1 amide bonds. The Morgan fingerprint density at radius 2 is 2.05 bits per heavy atom. The monoisotopic (exact) mass is 335 g/mol. The van der Waals surface area contributed by atoms with Crippen molar-refractivity contribution in [3.05, 3.63) is 59.3 Å². The molecule has 0 spiro atoms. The summed E-state index contributed by atoms with van der Waals surface area (Å²) >= 11 is 0. The third-order valence-corrected chi connectivity index (χ3v) is 2.57. The number of para-hydroxylation sites is 1. The first-order valence-corrected chi connectivity index (χ1v) is 5.81. The minimum Gasteiger partial charge on any atom is -0.590 e. The summed E-state index contributed by atoms with van der Waals surface area (Å²) < 4.78 is 5.04. The van der Waals surface area contributed by atoms with Gasteiger partial charge in [-0.15, -0.1) is 0 Å². The average molecular weight is 336 g/mol. The second kappa shape index (κ2) is 8.04. The average Bonchev–Trinajstić information content (AvgIpc) is 2.49. The molecule has 0 saturated carbocycles. The molecule has 0 aliphatic heterocycles. The van der Waals surface area contributed by atoms with E-state index >= 15 is 0 Å². The van der Waals surface area contributed by atoms with Gasteiger partial charge < -0.3 is 20.4 Å². The molecule has 2 rings (SSSR count). The third-order valence-electron chi connectivity index (χ3n) is 2.57. The topological polar surface area (TPSA) is 92.9 Å². The third kappa shape index (κ3) is 4.30. The molecule has 2 aromatic rings. The number of carbonyl (C=O) groups excluding carboxylic acids is 1. The van der Waals surface area contributed by atoms with Gasteiger partial charge in [0.25, 0.3) is 5.91 Å². The molecule has 6 nitrogen and oxygen atoms in total. The summed E-state index contributed by atoms with van der Waals surface area (Å²) in [6, 6.07) is 8.40. The van der Waals surface area contributed by atoms with Gasteiger partial charge in [-0.3, -0.25) is 9.78 Å². The maximum atomic E-state index is 9.71. The van der Waals surface area contributed by atoms with E-state index in [1.54, 1.807) is 42.7 Å².